The van der Waals surface area contributed by atoms with E-state index in [-0.39, 0.29) is 0 Å². The van der Waals surface area contributed by atoms with Crippen molar-refractivity contribution in [1.82, 2.24) is 0 Å². The SMILES string of the molecule is NC(N)=NC(N)=Nc1cc(F)c(C(F)(F)F)c(F)c1. The largest absolute Gasteiger partial charge is 0.422 e. The molecule has 1 aromatic rings. The molecule has 0 saturated carbocycles. The zero-order valence-corrected chi connectivity index (χ0v) is 9.17. The van der Waals surface area contributed by atoms with Gasteiger partial charge in [-0.05, 0) is 0 Å². The van der Waals surface area contributed by atoms with Gasteiger partial charge in [0.05, 0.1) is 5.69 Å². The number of nitrogens with zero attached hydrogens (tertiary/aromatic N) is 2. The van der Waals surface area contributed by atoms with Crippen molar-refractivity contribution in [2.75, 3.05) is 0 Å². The molecule has 0 aliphatic carbocycles. The molecule has 0 unspecified atom stereocenters. The van der Waals surface area contributed by atoms with Gasteiger partial charge in [-0.3, -0.25) is 0 Å². The smallest absolute Gasteiger partial charge is 0.370 e. The van der Waals surface area contributed by atoms with Gasteiger partial charge in [0.1, 0.15) is 17.2 Å². The summed E-state index contributed by atoms with van der Waals surface area (Å²) >= 11 is 0. The maximum Gasteiger partial charge on any atom is 0.422 e. The van der Waals surface area contributed by atoms with Crippen molar-refractivity contribution in [3.63, 3.8) is 0 Å². The summed E-state index contributed by atoms with van der Waals surface area (Å²) in [6.45, 7) is 0. The summed E-state index contributed by atoms with van der Waals surface area (Å²) in [5, 5.41) is 0. The minimum atomic E-state index is -5.15. The summed E-state index contributed by atoms with van der Waals surface area (Å²) in [5.74, 6) is -4.65. The standard InChI is InChI=1S/C9H8F5N5/c10-4-1-3(18-8(17)19-7(15)16)2-5(11)6(4)9(12,13)14/h1-2H,(H6,15,16,17,18,19). The van der Waals surface area contributed by atoms with Crippen molar-refractivity contribution >= 4 is 17.6 Å². The molecule has 5 nitrogen and oxygen atoms in total. The molecule has 10 heteroatoms. The lowest BCUT2D eigenvalue weighted by atomic mass is 10.1. The molecule has 0 amide bonds. The lowest BCUT2D eigenvalue weighted by Gasteiger charge is -2.09. The number of rotatable bonds is 1. The first-order chi connectivity index (χ1) is 8.61. The predicted molar refractivity (Wildman–Crippen MR) is 58.5 cm³/mol. The molecular formula is C9H8F5N5. The van der Waals surface area contributed by atoms with Crippen LogP contribution in [0.25, 0.3) is 0 Å². The van der Waals surface area contributed by atoms with Crippen LogP contribution in [0.5, 0.6) is 0 Å². The van der Waals surface area contributed by atoms with Crippen molar-refractivity contribution in [2.24, 2.45) is 27.2 Å². The van der Waals surface area contributed by atoms with Gasteiger partial charge in [0.25, 0.3) is 0 Å². The molecule has 0 bridgehead atoms. The quantitative estimate of drug-likeness (QED) is 0.409. The third-order valence-electron chi connectivity index (χ3n) is 1.80. The van der Waals surface area contributed by atoms with Gasteiger partial charge in [-0.1, -0.05) is 0 Å². The van der Waals surface area contributed by atoms with Crippen LogP contribution in [0.4, 0.5) is 27.6 Å². The maximum atomic E-state index is 13.2. The van der Waals surface area contributed by atoms with Gasteiger partial charge >= 0.3 is 6.18 Å². The summed E-state index contributed by atoms with van der Waals surface area (Å²) in [6.07, 6.45) is -5.15. The van der Waals surface area contributed by atoms with Crippen LogP contribution < -0.4 is 17.2 Å². The first-order valence-corrected chi connectivity index (χ1v) is 4.61. The Balaban J connectivity index is 3.27. The molecule has 0 heterocycles. The van der Waals surface area contributed by atoms with Crippen LogP contribution in [0, 0.1) is 11.6 Å². The number of hydrogen-bond acceptors (Lipinski definition) is 1. The fourth-order valence-electron chi connectivity index (χ4n) is 1.18. The Morgan fingerprint density at radius 2 is 1.47 bits per heavy atom. The van der Waals surface area contributed by atoms with Crippen LogP contribution in [0.15, 0.2) is 22.1 Å². The normalized spacial score (nSPS) is 12.4. The third-order valence-corrected chi connectivity index (χ3v) is 1.80. The first-order valence-electron chi connectivity index (χ1n) is 4.61. The van der Waals surface area contributed by atoms with Gasteiger partial charge in [-0.25, -0.2) is 13.8 Å². The lowest BCUT2D eigenvalue weighted by Crippen LogP contribution is -2.26. The molecule has 0 fully saturated rings. The fourth-order valence-corrected chi connectivity index (χ4v) is 1.18. The molecule has 1 rings (SSSR count). The van der Waals surface area contributed by atoms with Gasteiger partial charge in [-0.15, -0.1) is 0 Å². The van der Waals surface area contributed by atoms with Gasteiger partial charge in [-0.2, -0.15) is 18.2 Å². The Kier molecular flexibility index (Phi) is 3.92. The minimum absolute atomic E-state index is 0.362. The van der Waals surface area contributed by atoms with Crippen LogP contribution in [-0.2, 0) is 6.18 Å². The molecule has 0 spiro atoms. The second-order valence-electron chi connectivity index (χ2n) is 3.29. The molecule has 0 saturated heterocycles. The van der Waals surface area contributed by atoms with E-state index >= 15 is 0 Å². The Bertz CT molecular complexity index is 521. The highest BCUT2D eigenvalue weighted by Crippen LogP contribution is 2.35. The van der Waals surface area contributed by atoms with Crippen LogP contribution in [-0.4, -0.2) is 11.9 Å². The van der Waals surface area contributed by atoms with Gasteiger partial charge in [0.15, 0.2) is 5.96 Å². The minimum Gasteiger partial charge on any atom is -0.370 e. The van der Waals surface area contributed by atoms with Gasteiger partial charge in [0.2, 0.25) is 5.96 Å². The molecule has 0 aromatic heterocycles. The molecule has 0 atom stereocenters. The number of guanidine groups is 2. The Morgan fingerprint density at radius 3 is 1.84 bits per heavy atom. The third kappa shape index (κ3) is 3.79. The summed E-state index contributed by atoms with van der Waals surface area (Å²) in [5.41, 5.74) is 12.6. The molecule has 0 aliphatic heterocycles. The summed E-state index contributed by atoms with van der Waals surface area (Å²) in [7, 11) is 0. The first kappa shape index (κ1) is 14.7. The molecule has 104 valence electrons. The van der Waals surface area contributed by atoms with E-state index in [4.69, 9.17) is 17.2 Å². The van der Waals surface area contributed by atoms with Gasteiger partial charge in [0, 0.05) is 12.1 Å². The summed E-state index contributed by atoms with van der Waals surface area (Å²) < 4.78 is 63.2. The Hall–Kier alpha value is -2.39. The Labute approximate surface area is 103 Å². The number of aliphatic imine (C=N–C) groups is 2. The van der Waals surface area contributed by atoms with Crippen LogP contribution in [0.3, 0.4) is 0 Å². The fraction of sp³-hybridized carbons (Fsp3) is 0.111. The average molecular weight is 281 g/mol. The molecule has 19 heavy (non-hydrogen) atoms. The average Bonchev–Trinajstić information content (AvgIpc) is 2.10. The van der Waals surface area contributed by atoms with Crippen molar-refractivity contribution in [3.8, 4) is 0 Å². The van der Waals surface area contributed by atoms with Crippen molar-refractivity contribution in [3.05, 3.63) is 29.3 Å². The van der Waals surface area contributed by atoms with E-state index in [0.29, 0.717) is 12.1 Å². The van der Waals surface area contributed by atoms with E-state index in [1.54, 1.807) is 0 Å². The number of hydrogen-bond donors (Lipinski definition) is 3. The molecular weight excluding hydrogens is 273 g/mol. The van der Waals surface area contributed by atoms with Crippen LogP contribution in [0.2, 0.25) is 0 Å². The highest BCUT2D eigenvalue weighted by molar-refractivity contribution is 5.93. The van der Waals surface area contributed by atoms with E-state index in [9.17, 15) is 22.0 Å². The predicted octanol–water partition coefficient (Wildman–Crippen LogP) is 1.20. The number of halogens is 5. The molecule has 6 N–H and O–H groups in total. The lowest BCUT2D eigenvalue weighted by molar-refractivity contribution is -0.142. The monoisotopic (exact) mass is 281 g/mol. The van der Waals surface area contributed by atoms with E-state index < -0.39 is 41.0 Å². The summed E-state index contributed by atoms with van der Waals surface area (Å²) in [6, 6.07) is 0.724. The molecule has 0 aliphatic rings. The number of alkyl halides is 3. The van der Waals surface area contributed by atoms with Crippen LogP contribution in [0.1, 0.15) is 5.56 Å². The van der Waals surface area contributed by atoms with Crippen LogP contribution >= 0.6 is 0 Å². The summed E-state index contributed by atoms with van der Waals surface area (Å²) in [4.78, 5) is 6.58. The van der Waals surface area contributed by atoms with Crippen molar-refractivity contribution in [2.45, 2.75) is 6.18 Å². The van der Waals surface area contributed by atoms with Crippen molar-refractivity contribution in [1.29, 1.82) is 0 Å². The zero-order valence-electron chi connectivity index (χ0n) is 9.17. The maximum absolute atomic E-state index is 13.2. The van der Waals surface area contributed by atoms with E-state index in [1.807, 2.05) is 0 Å². The number of nitrogens with two attached hydrogens (primary N) is 3. The van der Waals surface area contributed by atoms with Crippen molar-refractivity contribution < 1.29 is 22.0 Å². The Morgan fingerprint density at radius 1 is 1.00 bits per heavy atom. The van der Waals surface area contributed by atoms with Gasteiger partial charge < -0.3 is 17.2 Å². The molecule has 0 radical (unpaired) electrons. The number of benzene rings is 1. The van der Waals surface area contributed by atoms with E-state index in [0.717, 1.165) is 0 Å². The highest BCUT2D eigenvalue weighted by Gasteiger charge is 2.37. The molecule has 1 aromatic carbocycles. The highest BCUT2D eigenvalue weighted by atomic mass is 19.4. The zero-order chi connectivity index (χ0) is 14.8. The second-order valence-corrected chi connectivity index (χ2v) is 3.29. The topological polar surface area (TPSA) is 103 Å². The van der Waals surface area contributed by atoms with E-state index in [1.165, 1.54) is 0 Å². The second kappa shape index (κ2) is 5.08. The van der Waals surface area contributed by atoms with E-state index in [2.05, 4.69) is 9.98 Å².